The molecule has 152 valence electrons. The molecular weight excluding hydrogens is 382 g/mol. The fourth-order valence-corrected chi connectivity index (χ4v) is 4.31. The van der Waals surface area contributed by atoms with Crippen LogP contribution >= 0.6 is 0 Å². The molecule has 0 unspecified atom stereocenters. The van der Waals surface area contributed by atoms with Crippen LogP contribution in [0.1, 0.15) is 22.6 Å². The summed E-state index contributed by atoms with van der Waals surface area (Å²) in [5, 5.41) is 0. The Morgan fingerprint density at radius 3 is 1.81 bits per heavy atom. The first-order valence-electron chi connectivity index (χ1n) is 10.5. The highest BCUT2D eigenvalue weighted by atomic mass is 16.6. The summed E-state index contributed by atoms with van der Waals surface area (Å²) < 4.78 is 5.92. The van der Waals surface area contributed by atoms with E-state index in [-0.39, 0.29) is 12.0 Å². The van der Waals surface area contributed by atoms with E-state index in [1.165, 1.54) is 22.3 Å². The number of amides is 1. The van der Waals surface area contributed by atoms with Crippen LogP contribution in [0.15, 0.2) is 109 Å². The molecule has 0 bridgehead atoms. The minimum atomic E-state index is -0.336. The van der Waals surface area contributed by atoms with E-state index in [1.807, 2.05) is 72.8 Å². The number of anilines is 1. The van der Waals surface area contributed by atoms with Gasteiger partial charge in [0.25, 0.3) is 0 Å². The van der Waals surface area contributed by atoms with E-state index in [0.717, 1.165) is 11.3 Å². The molecule has 0 radical (unpaired) electrons. The van der Waals surface area contributed by atoms with Crippen LogP contribution in [-0.2, 0) is 11.3 Å². The Labute approximate surface area is 182 Å². The highest BCUT2D eigenvalue weighted by Gasteiger charge is 2.30. The van der Waals surface area contributed by atoms with Crippen molar-refractivity contribution in [1.82, 2.24) is 0 Å². The van der Waals surface area contributed by atoms with Gasteiger partial charge < -0.3 is 4.74 Å². The molecule has 5 rings (SSSR count). The van der Waals surface area contributed by atoms with Gasteiger partial charge in [-0.25, -0.2) is 4.79 Å². The Hall–Kier alpha value is -3.85. The molecule has 0 N–H and O–H groups in total. The van der Waals surface area contributed by atoms with Crippen molar-refractivity contribution in [3.05, 3.63) is 126 Å². The quantitative estimate of drug-likeness (QED) is 0.372. The third-order valence-electron chi connectivity index (χ3n) is 5.81. The lowest BCUT2D eigenvalue weighted by Gasteiger charge is -2.24. The number of rotatable bonds is 5. The molecule has 3 heteroatoms. The molecule has 1 aliphatic rings. The molecule has 1 aliphatic carbocycles. The Balaban J connectivity index is 1.39. The SMILES string of the molecule is O=C(OCC1c2ccccc2-c2ccccc21)N(Cc1ccccc1)c1ccccc1. The largest absolute Gasteiger partial charge is 0.448 e. The Morgan fingerprint density at radius 2 is 1.19 bits per heavy atom. The molecule has 0 heterocycles. The predicted molar refractivity (Wildman–Crippen MR) is 124 cm³/mol. The standard InChI is InChI=1S/C28H23NO2/c30-28(29(22-13-5-2-6-14-22)19-21-11-3-1-4-12-21)31-20-27-25-17-9-7-15-23(25)24-16-8-10-18-26(24)27/h1-18,27H,19-20H2. The first kappa shape index (κ1) is 19.1. The second-order valence-electron chi connectivity index (χ2n) is 7.71. The number of hydrogen-bond acceptors (Lipinski definition) is 2. The van der Waals surface area contributed by atoms with Crippen LogP contribution in [0.3, 0.4) is 0 Å². The van der Waals surface area contributed by atoms with Gasteiger partial charge in [0, 0.05) is 11.6 Å². The van der Waals surface area contributed by atoms with Crippen LogP contribution in [0.2, 0.25) is 0 Å². The summed E-state index contributed by atoms with van der Waals surface area (Å²) in [5.41, 5.74) is 6.76. The van der Waals surface area contributed by atoms with Crippen molar-refractivity contribution in [1.29, 1.82) is 0 Å². The average molecular weight is 405 g/mol. The van der Waals surface area contributed by atoms with Gasteiger partial charge in [0.15, 0.2) is 0 Å². The van der Waals surface area contributed by atoms with Crippen molar-refractivity contribution in [2.45, 2.75) is 12.5 Å². The summed E-state index contributed by atoms with van der Waals surface area (Å²) in [4.78, 5) is 14.9. The molecule has 1 amide bonds. The van der Waals surface area contributed by atoms with E-state index in [9.17, 15) is 4.79 Å². The van der Waals surface area contributed by atoms with Gasteiger partial charge in [-0.2, -0.15) is 0 Å². The number of ether oxygens (including phenoxy) is 1. The number of carbonyl (C=O) groups is 1. The molecule has 0 fully saturated rings. The van der Waals surface area contributed by atoms with Crippen molar-refractivity contribution in [3.8, 4) is 11.1 Å². The van der Waals surface area contributed by atoms with Gasteiger partial charge >= 0.3 is 6.09 Å². The highest BCUT2D eigenvalue weighted by Crippen LogP contribution is 2.44. The number of para-hydroxylation sites is 1. The lowest BCUT2D eigenvalue weighted by atomic mass is 9.98. The zero-order valence-corrected chi connectivity index (χ0v) is 17.1. The summed E-state index contributed by atoms with van der Waals surface area (Å²) in [5.74, 6) is 0.0469. The lowest BCUT2D eigenvalue weighted by molar-refractivity contribution is 0.150. The molecule has 0 saturated carbocycles. The average Bonchev–Trinajstić information content (AvgIpc) is 3.16. The summed E-state index contributed by atoms with van der Waals surface area (Å²) in [6.45, 7) is 0.770. The number of fused-ring (bicyclic) bond motifs is 3. The summed E-state index contributed by atoms with van der Waals surface area (Å²) >= 11 is 0. The van der Waals surface area contributed by atoms with Gasteiger partial charge in [-0.1, -0.05) is 97.1 Å². The van der Waals surface area contributed by atoms with E-state index in [4.69, 9.17) is 4.74 Å². The number of benzene rings is 4. The van der Waals surface area contributed by atoms with Crippen molar-refractivity contribution in [3.63, 3.8) is 0 Å². The molecule has 31 heavy (non-hydrogen) atoms. The first-order valence-corrected chi connectivity index (χ1v) is 10.5. The monoisotopic (exact) mass is 405 g/mol. The number of carbonyl (C=O) groups excluding carboxylic acids is 1. The zero-order valence-electron chi connectivity index (χ0n) is 17.1. The maximum atomic E-state index is 13.2. The minimum absolute atomic E-state index is 0.0469. The van der Waals surface area contributed by atoms with Crippen molar-refractivity contribution in [2.75, 3.05) is 11.5 Å². The van der Waals surface area contributed by atoms with E-state index in [1.54, 1.807) is 4.90 Å². The van der Waals surface area contributed by atoms with Gasteiger partial charge in [0.1, 0.15) is 6.61 Å². The van der Waals surface area contributed by atoms with E-state index in [2.05, 4.69) is 36.4 Å². The maximum absolute atomic E-state index is 13.2. The van der Waals surface area contributed by atoms with Crippen molar-refractivity contribution < 1.29 is 9.53 Å². The second-order valence-corrected chi connectivity index (χ2v) is 7.71. The number of hydrogen-bond donors (Lipinski definition) is 0. The van der Waals surface area contributed by atoms with Gasteiger partial charge in [-0.15, -0.1) is 0 Å². The second kappa shape index (κ2) is 8.49. The predicted octanol–water partition coefficient (Wildman–Crippen LogP) is 6.64. The van der Waals surface area contributed by atoms with Gasteiger partial charge in [-0.3, -0.25) is 4.90 Å². The fourth-order valence-electron chi connectivity index (χ4n) is 4.31. The summed E-state index contributed by atoms with van der Waals surface area (Å²) in [7, 11) is 0. The molecule has 0 aromatic heterocycles. The van der Waals surface area contributed by atoms with Crippen LogP contribution in [0, 0.1) is 0 Å². The maximum Gasteiger partial charge on any atom is 0.414 e. The molecule has 0 atom stereocenters. The Kier molecular flexibility index (Phi) is 5.24. The summed E-state index contributed by atoms with van der Waals surface area (Å²) in [6.07, 6.45) is -0.336. The topological polar surface area (TPSA) is 29.5 Å². The first-order chi connectivity index (χ1) is 15.3. The molecule has 0 spiro atoms. The van der Waals surface area contributed by atoms with Crippen LogP contribution < -0.4 is 4.90 Å². The number of nitrogens with zero attached hydrogens (tertiary/aromatic N) is 1. The van der Waals surface area contributed by atoms with Crippen LogP contribution in [0.4, 0.5) is 10.5 Å². The van der Waals surface area contributed by atoms with Crippen molar-refractivity contribution in [2.24, 2.45) is 0 Å². The van der Waals surface area contributed by atoms with Crippen LogP contribution in [0.5, 0.6) is 0 Å². The fraction of sp³-hybridized carbons (Fsp3) is 0.107. The third kappa shape index (κ3) is 3.82. The third-order valence-corrected chi connectivity index (χ3v) is 5.81. The lowest BCUT2D eigenvalue weighted by Crippen LogP contribution is -2.32. The molecule has 4 aromatic carbocycles. The van der Waals surface area contributed by atoms with E-state index in [0.29, 0.717) is 13.2 Å². The van der Waals surface area contributed by atoms with Crippen LogP contribution in [0.25, 0.3) is 11.1 Å². The Morgan fingerprint density at radius 1 is 0.677 bits per heavy atom. The minimum Gasteiger partial charge on any atom is -0.448 e. The van der Waals surface area contributed by atoms with E-state index < -0.39 is 0 Å². The van der Waals surface area contributed by atoms with Crippen molar-refractivity contribution >= 4 is 11.8 Å². The zero-order chi connectivity index (χ0) is 21.0. The molecule has 0 aliphatic heterocycles. The molecular formula is C28H23NO2. The normalized spacial score (nSPS) is 12.1. The van der Waals surface area contributed by atoms with Crippen LogP contribution in [-0.4, -0.2) is 12.7 Å². The Bertz CT molecular complexity index is 1140. The van der Waals surface area contributed by atoms with E-state index >= 15 is 0 Å². The summed E-state index contributed by atoms with van der Waals surface area (Å²) in [6, 6.07) is 36.4. The molecule has 3 nitrogen and oxygen atoms in total. The highest BCUT2D eigenvalue weighted by molar-refractivity contribution is 5.87. The smallest absolute Gasteiger partial charge is 0.414 e. The molecule has 4 aromatic rings. The van der Waals surface area contributed by atoms with Gasteiger partial charge in [-0.05, 0) is 39.9 Å². The molecule has 0 saturated heterocycles. The van der Waals surface area contributed by atoms with Gasteiger partial charge in [0.2, 0.25) is 0 Å². The van der Waals surface area contributed by atoms with Gasteiger partial charge in [0.05, 0.1) is 6.54 Å².